The molecule has 0 bridgehead atoms. The van der Waals surface area contributed by atoms with Gasteiger partial charge in [0.2, 0.25) is 0 Å². The second-order valence-corrected chi connectivity index (χ2v) is 7.44. The Balaban J connectivity index is 1.54. The lowest BCUT2D eigenvalue weighted by Crippen LogP contribution is -2.46. The monoisotopic (exact) mass is 340 g/mol. The van der Waals surface area contributed by atoms with Gasteiger partial charge in [0.25, 0.3) is 0 Å². The first kappa shape index (κ1) is 19.5. The van der Waals surface area contributed by atoms with Gasteiger partial charge in [-0.25, -0.2) is 4.79 Å². The van der Waals surface area contributed by atoms with Crippen molar-refractivity contribution >= 4 is 6.03 Å². The number of likely N-dealkylation sites (N-methyl/N-ethyl adjacent to an activating group) is 1. The molecule has 24 heavy (non-hydrogen) atoms. The third-order valence-electron chi connectivity index (χ3n) is 5.49. The molecule has 2 atom stereocenters. The molecule has 2 aliphatic rings. The maximum absolute atomic E-state index is 12.1. The summed E-state index contributed by atoms with van der Waals surface area (Å²) in [5.41, 5.74) is 0. The van der Waals surface area contributed by atoms with Crippen molar-refractivity contribution in [1.29, 1.82) is 0 Å². The van der Waals surface area contributed by atoms with Crippen LogP contribution in [-0.4, -0.2) is 79.9 Å². The summed E-state index contributed by atoms with van der Waals surface area (Å²) in [6.07, 6.45) is 7.68. The van der Waals surface area contributed by atoms with E-state index in [1.54, 1.807) is 0 Å². The van der Waals surface area contributed by atoms with E-state index < -0.39 is 0 Å². The average Bonchev–Trinajstić information content (AvgIpc) is 2.81. The van der Waals surface area contributed by atoms with Crippen molar-refractivity contribution in [2.45, 2.75) is 51.0 Å². The Labute approximate surface area is 147 Å². The van der Waals surface area contributed by atoms with Gasteiger partial charge in [-0.15, -0.1) is 0 Å². The summed E-state index contributed by atoms with van der Waals surface area (Å²) in [7, 11) is 2.18. The largest absolute Gasteiger partial charge is 0.396 e. The summed E-state index contributed by atoms with van der Waals surface area (Å²) >= 11 is 0. The number of unbranched alkanes of at least 4 members (excludes halogenated alkanes) is 1. The molecule has 1 heterocycles. The third-order valence-corrected chi connectivity index (χ3v) is 5.49. The van der Waals surface area contributed by atoms with Crippen LogP contribution < -0.4 is 10.6 Å². The molecule has 2 amide bonds. The van der Waals surface area contributed by atoms with Gasteiger partial charge in [-0.3, -0.25) is 0 Å². The number of carbonyl (C=O) groups is 1. The van der Waals surface area contributed by atoms with Crippen LogP contribution in [0.25, 0.3) is 0 Å². The molecule has 0 aromatic carbocycles. The van der Waals surface area contributed by atoms with E-state index in [2.05, 4.69) is 27.5 Å². The topological polar surface area (TPSA) is 67.8 Å². The van der Waals surface area contributed by atoms with E-state index in [-0.39, 0.29) is 24.6 Å². The predicted molar refractivity (Wildman–Crippen MR) is 97.2 cm³/mol. The second kappa shape index (κ2) is 10.9. The molecule has 140 valence electrons. The molecule has 1 aliphatic heterocycles. The van der Waals surface area contributed by atoms with Crippen LogP contribution in [0.3, 0.4) is 0 Å². The molecule has 1 saturated carbocycles. The molecule has 1 aliphatic carbocycles. The molecular formula is C18H36N4O2. The van der Waals surface area contributed by atoms with Crippen LogP contribution in [0.4, 0.5) is 4.79 Å². The number of carbonyl (C=O) groups excluding carboxylic acids is 1. The summed E-state index contributed by atoms with van der Waals surface area (Å²) in [6, 6.07) is 0.0581. The van der Waals surface area contributed by atoms with Gasteiger partial charge in [0, 0.05) is 51.3 Å². The van der Waals surface area contributed by atoms with Gasteiger partial charge in [-0.1, -0.05) is 19.3 Å². The van der Waals surface area contributed by atoms with E-state index in [1.165, 1.54) is 6.42 Å². The highest BCUT2D eigenvalue weighted by molar-refractivity contribution is 5.74. The van der Waals surface area contributed by atoms with Crippen molar-refractivity contribution in [2.24, 2.45) is 5.92 Å². The van der Waals surface area contributed by atoms with Gasteiger partial charge in [0.1, 0.15) is 0 Å². The number of hydrogen-bond acceptors (Lipinski definition) is 4. The maximum Gasteiger partial charge on any atom is 0.315 e. The Bertz CT molecular complexity index is 359. The van der Waals surface area contributed by atoms with Crippen molar-refractivity contribution in [3.63, 3.8) is 0 Å². The second-order valence-electron chi connectivity index (χ2n) is 7.44. The fourth-order valence-electron chi connectivity index (χ4n) is 3.75. The molecule has 2 unspecified atom stereocenters. The molecule has 0 aromatic heterocycles. The summed E-state index contributed by atoms with van der Waals surface area (Å²) in [5.74, 6) is 0.218. The number of amides is 2. The fraction of sp³-hybridized carbons (Fsp3) is 0.944. The predicted octanol–water partition coefficient (Wildman–Crippen LogP) is 1.25. The Morgan fingerprint density at radius 1 is 1.08 bits per heavy atom. The van der Waals surface area contributed by atoms with Crippen molar-refractivity contribution in [3.05, 3.63) is 0 Å². The molecule has 3 N–H and O–H groups in total. The Hall–Kier alpha value is -0.850. The van der Waals surface area contributed by atoms with E-state index in [4.69, 9.17) is 0 Å². The minimum absolute atomic E-state index is 0.0695. The van der Waals surface area contributed by atoms with E-state index in [0.29, 0.717) is 0 Å². The number of nitrogens with one attached hydrogen (secondary N) is 2. The molecule has 6 nitrogen and oxygen atoms in total. The number of aliphatic hydroxyl groups excluding tert-OH is 1. The molecule has 6 heteroatoms. The molecule has 0 radical (unpaired) electrons. The number of aliphatic hydroxyl groups is 1. The fourth-order valence-corrected chi connectivity index (χ4v) is 3.75. The summed E-state index contributed by atoms with van der Waals surface area (Å²) in [4.78, 5) is 16.9. The van der Waals surface area contributed by atoms with E-state index in [9.17, 15) is 9.90 Å². The minimum Gasteiger partial charge on any atom is -0.396 e. The molecule has 2 fully saturated rings. The molecule has 2 rings (SSSR count). The van der Waals surface area contributed by atoms with Crippen LogP contribution in [0, 0.1) is 5.92 Å². The van der Waals surface area contributed by atoms with Crippen molar-refractivity contribution < 1.29 is 9.90 Å². The van der Waals surface area contributed by atoms with Crippen LogP contribution in [0.1, 0.15) is 44.9 Å². The first-order valence-electron chi connectivity index (χ1n) is 9.75. The standard InChI is InChI=1S/C18H36N4O2/c1-21-11-13-22(14-12-21)10-6-5-9-19-18(24)20-17-8-4-2-3-7-16(17)15-23/h16-17,23H,2-15H2,1H3,(H2,19,20,24). The smallest absolute Gasteiger partial charge is 0.315 e. The number of rotatable bonds is 7. The highest BCUT2D eigenvalue weighted by atomic mass is 16.3. The van der Waals surface area contributed by atoms with Crippen LogP contribution in [-0.2, 0) is 0 Å². The summed E-state index contributed by atoms with van der Waals surface area (Å²) < 4.78 is 0. The van der Waals surface area contributed by atoms with Gasteiger partial charge in [0.05, 0.1) is 0 Å². The lowest BCUT2D eigenvalue weighted by Gasteiger charge is -2.32. The van der Waals surface area contributed by atoms with Crippen molar-refractivity contribution in [2.75, 3.05) is 52.9 Å². The number of hydrogen-bond donors (Lipinski definition) is 3. The Morgan fingerprint density at radius 2 is 1.83 bits per heavy atom. The van der Waals surface area contributed by atoms with Crippen LogP contribution in [0.2, 0.25) is 0 Å². The van der Waals surface area contributed by atoms with Gasteiger partial charge in [0.15, 0.2) is 0 Å². The molecule has 1 saturated heterocycles. The van der Waals surface area contributed by atoms with Gasteiger partial charge in [-0.2, -0.15) is 0 Å². The zero-order valence-electron chi connectivity index (χ0n) is 15.3. The number of nitrogens with zero attached hydrogens (tertiary/aromatic N) is 2. The molecule has 0 aromatic rings. The summed E-state index contributed by atoms with van der Waals surface area (Å²) in [6.45, 7) is 6.68. The van der Waals surface area contributed by atoms with Crippen LogP contribution in [0.15, 0.2) is 0 Å². The third kappa shape index (κ3) is 6.95. The highest BCUT2D eigenvalue weighted by Crippen LogP contribution is 2.23. The average molecular weight is 341 g/mol. The van der Waals surface area contributed by atoms with Gasteiger partial charge < -0.3 is 25.5 Å². The first-order chi connectivity index (χ1) is 11.7. The van der Waals surface area contributed by atoms with E-state index in [0.717, 1.165) is 77.8 Å². The minimum atomic E-state index is -0.0695. The van der Waals surface area contributed by atoms with E-state index in [1.807, 2.05) is 0 Å². The van der Waals surface area contributed by atoms with E-state index >= 15 is 0 Å². The lowest BCUT2D eigenvalue weighted by atomic mass is 9.96. The Kier molecular flexibility index (Phi) is 8.84. The van der Waals surface area contributed by atoms with Gasteiger partial charge in [-0.05, 0) is 39.3 Å². The summed E-state index contributed by atoms with van der Waals surface area (Å²) in [5, 5.41) is 15.6. The molecular weight excluding hydrogens is 304 g/mol. The van der Waals surface area contributed by atoms with Crippen molar-refractivity contribution in [3.8, 4) is 0 Å². The number of piperazine rings is 1. The normalized spacial score (nSPS) is 26.8. The Morgan fingerprint density at radius 3 is 2.58 bits per heavy atom. The van der Waals surface area contributed by atoms with Crippen LogP contribution >= 0.6 is 0 Å². The zero-order valence-corrected chi connectivity index (χ0v) is 15.3. The molecule has 0 spiro atoms. The van der Waals surface area contributed by atoms with Crippen LogP contribution in [0.5, 0.6) is 0 Å². The number of urea groups is 1. The SMILES string of the molecule is CN1CCN(CCCCNC(=O)NC2CCCCCC2CO)CC1. The lowest BCUT2D eigenvalue weighted by molar-refractivity contribution is 0.152. The maximum atomic E-state index is 12.1. The van der Waals surface area contributed by atoms with Crippen molar-refractivity contribution in [1.82, 2.24) is 20.4 Å². The highest BCUT2D eigenvalue weighted by Gasteiger charge is 2.24. The quantitative estimate of drug-likeness (QED) is 0.482. The van der Waals surface area contributed by atoms with Gasteiger partial charge >= 0.3 is 6.03 Å². The first-order valence-corrected chi connectivity index (χ1v) is 9.75. The zero-order chi connectivity index (χ0) is 17.2.